The molecule has 0 N–H and O–H groups in total. The first-order valence-corrected chi connectivity index (χ1v) is 11.9. The lowest BCUT2D eigenvalue weighted by Crippen LogP contribution is -2.46. The third-order valence-electron chi connectivity index (χ3n) is 4.41. The Balaban J connectivity index is 2.47. The molecular weight excluding hydrogens is 414 g/mol. The number of hydrogen-bond donors (Lipinski definition) is 0. The van der Waals surface area contributed by atoms with E-state index in [0.29, 0.717) is 0 Å². The zero-order valence-electron chi connectivity index (χ0n) is 17.0. The molecule has 0 bridgehead atoms. The first-order valence-electron chi connectivity index (χ1n) is 8.72. The van der Waals surface area contributed by atoms with Crippen LogP contribution in [0, 0.1) is 10.8 Å². The lowest BCUT2D eigenvalue weighted by Gasteiger charge is -2.41. The molecule has 0 unspecified atom stereocenters. The molecule has 0 saturated carbocycles. The number of carbonyl (C=O) groups is 2. The monoisotopic (exact) mass is 442 g/mol. The van der Waals surface area contributed by atoms with Gasteiger partial charge in [-0.1, -0.05) is 27.7 Å². The van der Waals surface area contributed by atoms with Crippen LogP contribution in [-0.2, 0) is 46.3 Å². The van der Waals surface area contributed by atoms with Gasteiger partial charge >= 0.3 is 27.1 Å². The van der Waals surface area contributed by atoms with Crippen LogP contribution >= 0.6 is 15.2 Å². The molecule has 0 aromatic carbocycles. The van der Waals surface area contributed by atoms with Gasteiger partial charge in [0.1, 0.15) is 0 Å². The average Bonchev–Trinajstić information content (AvgIpc) is 2.64. The summed E-state index contributed by atoms with van der Waals surface area (Å²) in [6, 6.07) is 0. The molecule has 2 saturated heterocycles. The quantitative estimate of drug-likeness (QED) is 0.463. The van der Waals surface area contributed by atoms with E-state index in [1.165, 1.54) is 0 Å². The summed E-state index contributed by atoms with van der Waals surface area (Å²) in [6.07, 6.45) is 0. The van der Waals surface area contributed by atoms with Gasteiger partial charge in [-0.05, 0) is 0 Å². The first kappa shape index (κ1) is 23.5. The first-order chi connectivity index (χ1) is 12.8. The van der Waals surface area contributed by atoms with Gasteiger partial charge in [-0.15, -0.1) is 0 Å². The van der Waals surface area contributed by atoms with Crippen molar-refractivity contribution in [1.82, 2.24) is 0 Å². The fourth-order valence-electron chi connectivity index (χ4n) is 2.64. The summed E-state index contributed by atoms with van der Waals surface area (Å²) in [5, 5.41) is 0. The van der Waals surface area contributed by atoms with Crippen LogP contribution in [0.15, 0.2) is 0 Å². The predicted octanol–water partition coefficient (Wildman–Crippen LogP) is 2.60. The molecule has 0 aromatic heterocycles. The van der Waals surface area contributed by atoms with E-state index in [9.17, 15) is 18.7 Å². The fourth-order valence-corrected chi connectivity index (χ4v) is 8.19. The summed E-state index contributed by atoms with van der Waals surface area (Å²) in [4.78, 5) is 25.1. The van der Waals surface area contributed by atoms with E-state index < -0.39 is 49.3 Å². The van der Waals surface area contributed by atoms with Crippen molar-refractivity contribution in [2.75, 3.05) is 40.6 Å². The Morgan fingerprint density at radius 1 is 0.714 bits per heavy atom. The molecule has 2 aliphatic rings. The topological polar surface area (TPSA) is 124 Å². The van der Waals surface area contributed by atoms with Crippen molar-refractivity contribution in [1.29, 1.82) is 0 Å². The third kappa shape index (κ3) is 4.86. The van der Waals surface area contributed by atoms with E-state index in [2.05, 4.69) is 0 Å². The lowest BCUT2D eigenvalue weighted by molar-refractivity contribution is -0.148. The highest BCUT2D eigenvalue weighted by Crippen LogP contribution is 2.67. The number of hydrogen-bond acceptors (Lipinski definition) is 10. The van der Waals surface area contributed by atoms with Gasteiger partial charge in [0.25, 0.3) is 0 Å². The molecule has 0 aliphatic carbocycles. The van der Waals surface area contributed by atoms with Crippen molar-refractivity contribution < 1.29 is 46.3 Å². The van der Waals surface area contributed by atoms with Gasteiger partial charge in [0, 0.05) is 10.8 Å². The smallest absolute Gasteiger partial charge is 0.346 e. The minimum atomic E-state index is -4.25. The third-order valence-corrected chi connectivity index (χ3v) is 8.98. The number of rotatable bonds is 5. The largest absolute Gasteiger partial charge is 0.468 e. The van der Waals surface area contributed by atoms with Crippen molar-refractivity contribution in [2.24, 2.45) is 10.8 Å². The van der Waals surface area contributed by atoms with Crippen molar-refractivity contribution in [3.63, 3.8) is 0 Å². The SMILES string of the molecule is COC(=O)[C@H]([C@H](C(=O)OC)P1(=O)OCC(C)(C)CO1)P1(=O)OCC(C)(C)CO1. The van der Waals surface area contributed by atoms with E-state index in [1.54, 1.807) is 0 Å². The zero-order chi connectivity index (χ0) is 21.4. The van der Waals surface area contributed by atoms with Crippen LogP contribution in [0.25, 0.3) is 0 Å². The summed E-state index contributed by atoms with van der Waals surface area (Å²) in [5.41, 5.74) is -4.62. The number of esters is 2. The summed E-state index contributed by atoms with van der Waals surface area (Å²) in [5.74, 6) is -2.18. The maximum atomic E-state index is 13.4. The minimum Gasteiger partial charge on any atom is -0.468 e. The molecular formula is C16H28O10P2. The van der Waals surface area contributed by atoms with Gasteiger partial charge in [-0.3, -0.25) is 18.7 Å². The molecule has 2 atom stereocenters. The normalized spacial score (nSPS) is 27.2. The molecule has 0 aromatic rings. The molecule has 162 valence electrons. The van der Waals surface area contributed by atoms with Crippen molar-refractivity contribution in [3.8, 4) is 0 Å². The van der Waals surface area contributed by atoms with Crippen LogP contribution in [0.1, 0.15) is 27.7 Å². The van der Waals surface area contributed by atoms with Crippen molar-refractivity contribution >= 4 is 27.1 Å². The van der Waals surface area contributed by atoms with E-state index in [4.69, 9.17) is 27.6 Å². The van der Waals surface area contributed by atoms with E-state index in [-0.39, 0.29) is 26.4 Å². The Morgan fingerprint density at radius 3 is 1.18 bits per heavy atom. The van der Waals surface area contributed by atoms with Gasteiger partial charge < -0.3 is 27.6 Å². The summed E-state index contributed by atoms with van der Waals surface area (Å²) < 4.78 is 57.9. The Morgan fingerprint density at radius 2 is 0.964 bits per heavy atom. The lowest BCUT2D eigenvalue weighted by atomic mass is 9.97. The van der Waals surface area contributed by atoms with Crippen LogP contribution in [0.4, 0.5) is 0 Å². The molecule has 2 rings (SSSR count). The molecule has 12 heteroatoms. The second-order valence-corrected chi connectivity index (χ2v) is 12.7. The highest BCUT2D eigenvalue weighted by atomic mass is 31.2. The molecule has 10 nitrogen and oxygen atoms in total. The Bertz CT molecular complexity index is 628. The van der Waals surface area contributed by atoms with Crippen LogP contribution in [0.2, 0.25) is 0 Å². The highest BCUT2D eigenvalue weighted by Gasteiger charge is 2.62. The molecule has 0 amide bonds. The van der Waals surface area contributed by atoms with Gasteiger partial charge in [-0.25, -0.2) is 0 Å². The summed E-state index contributed by atoms with van der Waals surface area (Å²) in [6.45, 7) is 7.29. The highest BCUT2D eigenvalue weighted by molar-refractivity contribution is 7.60. The number of methoxy groups -OCH3 is 2. The minimum absolute atomic E-state index is 0.00467. The number of ether oxygens (including phenoxy) is 2. The van der Waals surface area contributed by atoms with Gasteiger partial charge in [0.15, 0.2) is 11.3 Å². The molecule has 28 heavy (non-hydrogen) atoms. The molecule has 2 fully saturated rings. The van der Waals surface area contributed by atoms with Crippen molar-refractivity contribution in [2.45, 2.75) is 39.0 Å². The summed E-state index contributed by atoms with van der Waals surface area (Å²) in [7, 11) is -6.40. The van der Waals surface area contributed by atoms with Crippen molar-refractivity contribution in [3.05, 3.63) is 0 Å². The fraction of sp³-hybridized carbons (Fsp3) is 0.875. The Hall–Kier alpha value is -0.760. The predicted molar refractivity (Wildman–Crippen MR) is 98.2 cm³/mol. The second kappa shape index (κ2) is 8.17. The standard InChI is InChI=1S/C16H28O10P2/c1-15(2)7-23-27(19,24-8-15)11(13(17)21-5)12(14(18)22-6)28(20)25-9-16(3,4)10-26-28/h11-12H,7-10H2,1-6H3/t11-,12+. The van der Waals surface area contributed by atoms with E-state index >= 15 is 0 Å². The maximum Gasteiger partial charge on any atom is 0.346 e. The van der Waals surface area contributed by atoms with E-state index in [1.807, 2.05) is 27.7 Å². The van der Waals surface area contributed by atoms with Gasteiger partial charge in [-0.2, -0.15) is 0 Å². The number of carbonyl (C=O) groups excluding carboxylic acids is 2. The van der Waals surface area contributed by atoms with E-state index in [0.717, 1.165) is 14.2 Å². The zero-order valence-corrected chi connectivity index (χ0v) is 18.7. The van der Waals surface area contributed by atoms with Crippen LogP contribution in [0.5, 0.6) is 0 Å². The van der Waals surface area contributed by atoms with Crippen LogP contribution in [-0.4, -0.2) is 63.9 Å². The molecule has 2 heterocycles. The van der Waals surface area contributed by atoms with Gasteiger partial charge in [0.05, 0.1) is 40.6 Å². The summed E-state index contributed by atoms with van der Waals surface area (Å²) >= 11 is 0. The second-order valence-electron chi connectivity index (χ2n) is 8.44. The van der Waals surface area contributed by atoms with Crippen LogP contribution < -0.4 is 0 Å². The van der Waals surface area contributed by atoms with Crippen LogP contribution in [0.3, 0.4) is 0 Å². The molecule has 2 aliphatic heterocycles. The Kier molecular flexibility index (Phi) is 6.86. The Labute approximate surface area is 164 Å². The van der Waals surface area contributed by atoms with Gasteiger partial charge in [0.2, 0.25) is 0 Å². The maximum absolute atomic E-state index is 13.4. The average molecular weight is 442 g/mol. The molecule has 0 spiro atoms. The molecule has 0 radical (unpaired) electrons.